The van der Waals surface area contributed by atoms with Crippen LogP contribution in [0.25, 0.3) is 0 Å². The second-order valence-corrected chi connectivity index (χ2v) is 19.9. The van der Waals surface area contributed by atoms with Gasteiger partial charge < -0.3 is 19.8 Å². The van der Waals surface area contributed by atoms with Crippen LogP contribution < -0.4 is 5.32 Å². The largest absolute Gasteiger partial charge is 0.472 e. The topological polar surface area (TPSA) is 105 Å². The molecule has 8 nitrogen and oxygen atoms in total. The molecule has 9 heteroatoms. The van der Waals surface area contributed by atoms with Gasteiger partial charge in [0.15, 0.2) is 0 Å². The lowest BCUT2D eigenvalue weighted by molar-refractivity contribution is -0.870. The zero-order chi connectivity index (χ0) is 48.5. The highest BCUT2D eigenvalue weighted by Crippen LogP contribution is 2.43. The molecule has 0 bridgehead atoms. The van der Waals surface area contributed by atoms with Crippen LogP contribution in [0.2, 0.25) is 0 Å². The molecule has 0 aliphatic rings. The van der Waals surface area contributed by atoms with Gasteiger partial charge in [-0.15, -0.1) is 0 Å². The number of phosphoric acid groups is 1. The number of quaternary nitrogens is 1. The first-order valence-corrected chi connectivity index (χ1v) is 27.8. The average Bonchev–Trinajstić information content (AvgIpc) is 3.28. The first-order chi connectivity index (χ1) is 32.0. The van der Waals surface area contributed by atoms with E-state index in [1.54, 1.807) is 6.08 Å². The SMILES string of the molecule is CC/C=C\C/C=C\C/C=C\C/C=C\C/C=C\C/C=C\CCCCCCCCCCC(=O)NC(COP(=O)(O)OCC[N+](C)(C)C)C(O)/C=C/CC/C=C/CC/C=C/CCCCCCCCC. The number of amides is 1. The van der Waals surface area contributed by atoms with Crippen molar-refractivity contribution in [2.45, 2.75) is 206 Å². The molecule has 0 rings (SSSR count). The summed E-state index contributed by atoms with van der Waals surface area (Å²) in [6, 6.07) is -0.882. The van der Waals surface area contributed by atoms with Crippen molar-refractivity contribution in [3.8, 4) is 0 Å². The van der Waals surface area contributed by atoms with Gasteiger partial charge in [-0.1, -0.05) is 200 Å². The molecular weight excluding hydrogens is 840 g/mol. The quantitative estimate of drug-likeness (QED) is 0.0243. The van der Waals surface area contributed by atoms with Crippen molar-refractivity contribution in [3.63, 3.8) is 0 Å². The van der Waals surface area contributed by atoms with Crippen LogP contribution in [0, 0.1) is 0 Å². The molecule has 0 aromatic heterocycles. The van der Waals surface area contributed by atoms with Crippen LogP contribution in [-0.4, -0.2) is 73.4 Å². The number of allylic oxidation sites excluding steroid dienone is 17. The molecule has 3 unspecified atom stereocenters. The summed E-state index contributed by atoms with van der Waals surface area (Å²) in [5.74, 6) is -0.205. The van der Waals surface area contributed by atoms with E-state index in [9.17, 15) is 19.4 Å². The first-order valence-electron chi connectivity index (χ1n) is 26.3. The standard InChI is InChI=1S/C57H99N2O6P/c1-6-8-10-12-14-16-18-20-22-24-25-26-27-28-29-30-31-32-33-35-37-39-41-43-45-47-49-51-57(61)58-55(54-65-66(62,63)64-53-52-59(3,4)5)56(60)50-48-46-44-42-40-38-36-34-23-21-19-17-15-13-11-9-7-2/h8,10,14,16,20,22-23,25-26,28-29,31-32,34,40,42,48,50,55-56,60H,6-7,9,11-13,15,17-19,21,24,27,30,33,35-39,41,43-47,49,51-54H2,1-5H3,(H-,58,61,62,63)/p+1/b10-8-,16-14-,22-20-,26-25-,29-28-,32-31-,34-23+,42-40+,50-48+. The Morgan fingerprint density at radius 3 is 1.39 bits per heavy atom. The number of likely N-dealkylation sites (N-methyl/N-ethyl adjacent to an activating group) is 1. The van der Waals surface area contributed by atoms with Crippen molar-refractivity contribution >= 4 is 13.7 Å². The van der Waals surface area contributed by atoms with Crippen LogP contribution in [0.3, 0.4) is 0 Å². The van der Waals surface area contributed by atoms with Gasteiger partial charge in [0, 0.05) is 6.42 Å². The number of aliphatic hydroxyl groups excluding tert-OH is 1. The molecule has 1 amide bonds. The molecule has 0 aliphatic carbocycles. The minimum atomic E-state index is -4.37. The number of carbonyl (C=O) groups is 1. The molecule has 0 saturated carbocycles. The summed E-state index contributed by atoms with van der Waals surface area (Å²) in [5, 5.41) is 13.9. The van der Waals surface area contributed by atoms with Crippen molar-refractivity contribution in [1.82, 2.24) is 5.32 Å². The van der Waals surface area contributed by atoms with Gasteiger partial charge in [0.05, 0.1) is 39.9 Å². The smallest absolute Gasteiger partial charge is 0.387 e. The maximum Gasteiger partial charge on any atom is 0.472 e. The lowest BCUT2D eigenvalue weighted by atomic mass is 10.1. The summed E-state index contributed by atoms with van der Waals surface area (Å²) in [6.07, 6.45) is 68.9. The fourth-order valence-corrected chi connectivity index (χ4v) is 7.58. The number of rotatable bonds is 46. The number of unbranched alkanes of at least 4 members (excludes halogenated alkanes) is 17. The molecule has 0 aromatic rings. The highest BCUT2D eigenvalue weighted by atomic mass is 31.2. The van der Waals surface area contributed by atoms with Crippen molar-refractivity contribution in [2.75, 3.05) is 40.9 Å². The van der Waals surface area contributed by atoms with Gasteiger partial charge >= 0.3 is 7.82 Å². The Morgan fingerprint density at radius 2 is 0.924 bits per heavy atom. The van der Waals surface area contributed by atoms with E-state index in [1.807, 2.05) is 27.2 Å². The van der Waals surface area contributed by atoms with E-state index in [0.717, 1.165) is 96.3 Å². The van der Waals surface area contributed by atoms with Crippen LogP contribution in [-0.2, 0) is 18.4 Å². The first kappa shape index (κ1) is 63.2. The van der Waals surface area contributed by atoms with Gasteiger partial charge in [-0.3, -0.25) is 13.8 Å². The van der Waals surface area contributed by atoms with E-state index >= 15 is 0 Å². The summed E-state index contributed by atoms with van der Waals surface area (Å²) in [4.78, 5) is 23.2. The van der Waals surface area contributed by atoms with Gasteiger partial charge in [0.1, 0.15) is 13.2 Å². The number of hydrogen-bond acceptors (Lipinski definition) is 5. The van der Waals surface area contributed by atoms with Crippen LogP contribution in [0.1, 0.15) is 194 Å². The fourth-order valence-electron chi connectivity index (χ4n) is 6.84. The maximum absolute atomic E-state index is 12.9. The number of hydrogen-bond donors (Lipinski definition) is 3. The Bertz CT molecular complexity index is 1440. The van der Waals surface area contributed by atoms with Crippen molar-refractivity contribution < 1.29 is 32.9 Å². The lowest BCUT2D eigenvalue weighted by Crippen LogP contribution is -2.45. The number of nitrogens with one attached hydrogen (secondary N) is 1. The molecule has 66 heavy (non-hydrogen) atoms. The fraction of sp³-hybridized carbons (Fsp3) is 0.667. The average molecular weight is 940 g/mol. The summed E-state index contributed by atoms with van der Waals surface area (Å²) >= 11 is 0. The molecule has 0 aliphatic heterocycles. The molecule has 0 saturated heterocycles. The molecular formula is C57H100N2O6P+. The van der Waals surface area contributed by atoms with Crippen LogP contribution in [0.4, 0.5) is 0 Å². The van der Waals surface area contributed by atoms with Crippen LogP contribution >= 0.6 is 7.82 Å². The Kier molecular flexibility index (Phi) is 45.2. The predicted octanol–water partition coefficient (Wildman–Crippen LogP) is 15.6. The number of aliphatic hydroxyl groups is 1. The van der Waals surface area contributed by atoms with E-state index in [0.29, 0.717) is 17.4 Å². The minimum absolute atomic E-state index is 0.0458. The van der Waals surface area contributed by atoms with E-state index in [4.69, 9.17) is 9.05 Å². The summed E-state index contributed by atoms with van der Waals surface area (Å²) < 4.78 is 23.6. The normalized spacial score (nSPS) is 15.0. The van der Waals surface area contributed by atoms with Crippen molar-refractivity contribution in [1.29, 1.82) is 0 Å². The minimum Gasteiger partial charge on any atom is -0.387 e. The predicted molar refractivity (Wildman–Crippen MR) is 285 cm³/mol. The van der Waals surface area contributed by atoms with Gasteiger partial charge in [-0.25, -0.2) is 4.57 Å². The maximum atomic E-state index is 12.9. The number of phosphoric ester groups is 1. The molecule has 0 radical (unpaired) electrons. The van der Waals surface area contributed by atoms with E-state index in [2.05, 4.69) is 116 Å². The third kappa shape index (κ3) is 49.1. The Balaban J connectivity index is 4.37. The highest BCUT2D eigenvalue weighted by molar-refractivity contribution is 7.47. The number of carbonyl (C=O) groups excluding carboxylic acids is 1. The molecule has 378 valence electrons. The highest BCUT2D eigenvalue weighted by Gasteiger charge is 2.27. The zero-order valence-corrected chi connectivity index (χ0v) is 43.8. The van der Waals surface area contributed by atoms with Gasteiger partial charge in [0.2, 0.25) is 5.91 Å². The molecule has 0 heterocycles. The molecule has 0 spiro atoms. The Morgan fingerprint density at radius 1 is 0.530 bits per heavy atom. The zero-order valence-electron chi connectivity index (χ0n) is 42.9. The van der Waals surface area contributed by atoms with E-state index in [-0.39, 0.29) is 19.1 Å². The van der Waals surface area contributed by atoms with Gasteiger partial charge in [-0.05, 0) is 96.3 Å². The van der Waals surface area contributed by atoms with Gasteiger partial charge in [0.25, 0.3) is 0 Å². The second kappa shape index (κ2) is 47.2. The molecule has 3 N–H and O–H groups in total. The summed E-state index contributed by atoms with van der Waals surface area (Å²) in [6.45, 7) is 4.64. The Labute approximate surface area is 406 Å². The molecule has 0 aromatic carbocycles. The summed E-state index contributed by atoms with van der Waals surface area (Å²) in [5.41, 5.74) is 0. The van der Waals surface area contributed by atoms with Crippen molar-refractivity contribution in [2.24, 2.45) is 0 Å². The van der Waals surface area contributed by atoms with Crippen molar-refractivity contribution in [3.05, 3.63) is 109 Å². The third-order valence-corrected chi connectivity index (χ3v) is 11.9. The van der Waals surface area contributed by atoms with Gasteiger partial charge in [-0.2, -0.15) is 0 Å². The lowest BCUT2D eigenvalue weighted by Gasteiger charge is -2.25. The molecule has 0 fully saturated rings. The Hall–Kier alpha value is -2.84. The third-order valence-electron chi connectivity index (χ3n) is 11.0. The van der Waals surface area contributed by atoms with E-state index < -0.39 is 20.0 Å². The van der Waals surface area contributed by atoms with Crippen LogP contribution in [0.5, 0.6) is 0 Å². The molecule has 3 atom stereocenters. The van der Waals surface area contributed by atoms with Crippen LogP contribution in [0.15, 0.2) is 109 Å². The second-order valence-electron chi connectivity index (χ2n) is 18.5. The van der Waals surface area contributed by atoms with E-state index in [1.165, 1.54) is 77.0 Å². The number of nitrogens with zero attached hydrogens (tertiary/aromatic N) is 1. The monoisotopic (exact) mass is 940 g/mol. The summed E-state index contributed by atoms with van der Waals surface area (Å²) in [7, 11) is 1.52.